The van der Waals surface area contributed by atoms with E-state index in [1.54, 1.807) is 6.08 Å². The summed E-state index contributed by atoms with van der Waals surface area (Å²) in [7, 11) is 0. The SMILES string of the molecule is O=C(O)/C=C/c1ccc(N2CCOC3CCCC32)c(Br)c1. The standard InChI is InChI=1S/C16H18BrNO3/c17-12-10-11(5-7-16(19)20)4-6-13(12)18-8-9-21-15-3-1-2-14(15)18/h4-7,10,14-15H,1-3,8-9H2,(H,19,20)/b7-5+. The van der Waals surface area contributed by atoms with Gasteiger partial charge in [-0.1, -0.05) is 6.07 Å². The number of morpholine rings is 1. The van der Waals surface area contributed by atoms with Crippen LogP contribution >= 0.6 is 15.9 Å². The van der Waals surface area contributed by atoms with E-state index in [-0.39, 0.29) is 0 Å². The molecule has 0 spiro atoms. The zero-order valence-corrected chi connectivity index (χ0v) is 13.3. The number of carbonyl (C=O) groups is 1. The number of ether oxygens (including phenoxy) is 1. The van der Waals surface area contributed by atoms with Gasteiger partial charge in [0.25, 0.3) is 0 Å². The van der Waals surface area contributed by atoms with Gasteiger partial charge in [-0.3, -0.25) is 0 Å². The number of aliphatic carboxylic acids is 1. The lowest BCUT2D eigenvalue weighted by molar-refractivity contribution is -0.131. The number of fused-ring (bicyclic) bond motifs is 1. The van der Waals surface area contributed by atoms with Gasteiger partial charge in [0.2, 0.25) is 0 Å². The Labute approximate surface area is 132 Å². The largest absolute Gasteiger partial charge is 0.478 e. The van der Waals surface area contributed by atoms with Crippen LogP contribution in [0, 0.1) is 0 Å². The van der Waals surface area contributed by atoms with Crippen LogP contribution in [0.2, 0.25) is 0 Å². The van der Waals surface area contributed by atoms with Crippen LogP contribution in [0.25, 0.3) is 6.08 Å². The Balaban J connectivity index is 1.83. The van der Waals surface area contributed by atoms with Crippen LogP contribution in [-0.2, 0) is 9.53 Å². The molecule has 2 aliphatic rings. The molecule has 4 nitrogen and oxygen atoms in total. The first-order chi connectivity index (χ1) is 10.1. The number of benzene rings is 1. The normalized spacial score (nSPS) is 25.3. The Bertz CT molecular complexity index is 573. The summed E-state index contributed by atoms with van der Waals surface area (Å²) in [6.07, 6.45) is 6.67. The van der Waals surface area contributed by atoms with Crippen molar-refractivity contribution in [3.63, 3.8) is 0 Å². The Kier molecular flexibility index (Phi) is 4.31. The molecule has 1 saturated heterocycles. The van der Waals surface area contributed by atoms with Gasteiger partial charge in [0.15, 0.2) is 0 Å². The third kappa shape index (κ3) is 3.14. The molecule has 1 N–H and O–H groups in total. The summed E-state index contributed by atoms with van der Waals surface area (Å²) >= 11 is 3.62. The van der Waals surface area contributed by atoms with Crippen LogP contribution in [0.1, 0.15) is 24.8 Å². The molecule has 112 valence electrons. The van der Waals surface area contributed by atoms with Gasteiger partial charge in [0.1, 0.15) is 0 Å². The number of hydrogen-bond acceptors (Lipinski definition) is 3. The van der Waals surface area contributed by atoms with Crippen LogP contribution < -0.4 is 4.90 Å². The third-order valence-electron chi connectivity index (χ3n) is 4.18. The smallest absolute Gasteiger partial charge is 0.328 e. The molecule has 1 aliphatic heterocycles. The molecule has 1 heterocycles. The Hall–Kier alpha value is -1.33. The molecule has 1 aliphatic carbocycles. The number of hydrogen-bond donors (Lipinski definition) is 1. The molecule has 5 heteroatoms. The highest BCUT2D eigenvalue weighted by molar-refractivity contribution is 9.10. The summed E-state index contributed by atoms with van der Waals surface area (Å²) < 4.78 is 6.85. The number of nitrogens with zero attached hydrogens (tertiary/aromatic N) is 1. The van der Waals surface area contributed by atoms with Crippen molar-refractivity contribution in [2.24, 2.45) is 0 Å². The van der Waals surface area contributed by atoms with E-state index in [0.717, 1.165) is 35.7 Å². The van der Waals surface area contributed by atoms with Gasteiger partial charge in [-0.15, -0.1) is 0 Å². The molecular weight excluding hydrogens is 334 g/mol. The maximum Gasteiger partial charge on any atom is 0.328 e. The summed E-state index contributed by atoms with van der Waals surface area (Å²) in [5.41, 5.74) is 2.05. The Morgan fingerprint density at radius 3 is 3.05 bits per heavy atom. The molecule has 21 heavy (non-hydrogen) atoms. The molecule has 2 unspecified atom stereocenters. The first-order valence-electron chi connectivity index (χ1n) is 7.24. The van der Waals surface area contributed by atoms with Gasteiger partial charge in [0, 0.05) is 17.1 Å². The average molecular weight is 352 g/mol. The molecule has 3 rings (SSSR count). The average Bonchev–Trinajstić information content (AvgIpc) is 2.94. The zero-order valence-electron chi connectivity index (χ0n) is 11.7. The van der Waals surface area contributed by atoms with Gasteiger partial charge in [-0.05, 0) is 59.0 Å². The molecule has 1 saturated carbocycles. The molecule has 1 aromatic carbocycles. The predicted octanol–water partition coefficient (Wildman–Crippen LogP) is 3.30. The van der Waals surface area contributed by atoms with E-state index >= 15 is 0 Å². The molecule has 0 amide bonds. The highest BCUT2D eigenvalue weighted by Crippen LogP contribution is 2.36. The molecule has 0 aromatic heterocycles. The Morgan fingerprint density at radius 2 is 2.29 bits per heavy atom. The van der Waals surface area contributed by atoms with E-state index in [0.29, 0.717) is 12.1 Å². The maximum atomic E-state index is 10.6. The van der Waals surface area contributed by atoms with E-state index in [9.17, 15) is 4.79 Å². The zero-order chi connectivity index (χ0) is 14.8. The van der Waals surface area contributed by atoms with Crippen molar-refractivity contribution < 1.29 is 14.6 Å². The fraction of sp³-hybridized carbons (Fsp3) is 0.438. The lowest BCUT2D eigenvalue weighted by Gasteiger charge is -2.39. The lowest BCUT2D eigenvalue weighted by Crippen LogP contribution is -2.48. The van der Waals surface area contributed by atoms with Crippen LogP contribution in [0.5, 0.6) is 0 Å². The number of anilines is 1. The molecule has 2 atom stereocenters. The number of rotatable bonds is 3. The van der Waals surface area contributed by atoms with Crippen molar-refractivity contribution >= 4 is 33.7 Å². The number of carboxylic acid groups (broad SMARTS) is 1. The number of carboxylic acids is 1. The quantitative estimate of drug-likeness (QED) is 0.848. The summed E-state index contributed by atoms with van der Waals surface area (Å²) in [5, 5.41) is 8.68. The highest BCUT2D eigenvalue weighted by Gasteiger charge is 2.36. The van der Waals surface area contributed by atoms with E-state index < -0.39 is 5.97 Å². The molecule has 0 bridgehead atoms. The van der Waals surface area contributed by atoms with Crippen molar-refractivity contribution in [1.82, 2.24) is 0 Å². The summed E-state index contributed by atoms with van der Waals surface area (Å²) in [4.78, 5) is 13.0. The minimum absolute atomic E-state index is 0.359. The third-order valence-corrected chi connectivity index (χ3v) is 4.82. The van der Waals surface area contributed by atoms with Gasteiger partial charge >= 0.3 is 5.97 Å². The highest BCUT2D eigenvalue weighted by atomic mass is 79.9. The first kappa shape index (κ1) is 14.6. The van der Waals surface area contributed by atoms with E-state index in [1.807, 2.05) is 12.1 Å². The topological polar surface area (TPSA) is 49.8 Å². The second kappa shape index (κ2) is 6.20. The monoisotopic (exact) mass is 351 g/mol. The van der Waals surface area contributed by atoms with Crippen LogP contribution in [0.4, 0.5) is 5.69 Å². The van der Waals surface area contributed by atoms with Gasteiger partial charge in [-0.2, -0.15) is 0 Å². The van der Waals surface area contributed by atoms with E-state index in [1.165, 1.54) is 18.5 Å². The van der Waals surface area contributed by atoms with Crippen LogP contribution in [-0.4, -0.2) is 36.4 Å². The molecular formula is C16H18BrNO3. The maximum absolute atomic E-state index is 10.6. The number of halogens is 1. The van der Waals surface area contributed by atoms with Gasteiger partial charge in [0.05, 0.1) is 24.4 Å². The van der Waals surface area contributed by atoms with Crippen LogP contribution in [0.3, 0.4) is 0 Å². The lowest BCUT2D eigenvalue weighted by atomic mass is 10.1. The fourth-order valence-corrected chi connectivity index (χ4v) is 3.88. The van der Waals surface area contributed by atoms with Crippen molar-refractivity contribution in [2.45, 2.75) is 31.4 Å². The first-order valence-corrected chi connectivity index (χ1v) is 8.03. The summed E-state index contributed by atoms with van der Waals surface area (Å²) in [6.45, 7) is 1.68. The van der Waals surface area contributed by atoms with Crippen molar-refractivity contribution in [1.29, 1.82) is 0 Å². The van der Waals surface area contributed by atoms with Crippen molar-refractivity contribution in [3.8, 4) is 0 Å². The molecule has 0 radical (unpaired) electrons. The van der Waals surface area contributed by atoms with E-state index in [2.05, 4.69) is 26.9 Å². The van der Waals surface area contributed by atoms with Crippen molar-refractivity contribution in [2.75, 3.05) is 18.1 Å². The minimum Gasteiger partial charge on any atom is -0.478 e. The second-order valence-corrected chi connectivity index (χ2v) is 6.34. The summed E-state index contributed by atoms with van der Waals surface area (Å²) in [6, 6.07) is 6.45. The fourth-order valence-electron chi connectivity index (χ4n) is 3.25. The van der Waals surface area contributed by atoms with Gasteiger partial charge in [-0.25, -0.2) is 4.79 Å². The Morgan fingerprint density at radius 1 is 1.43 bits per heavy atom. The molecule has 2 fully saturated rings. The summed E-state index contributed by atoms with van der Waals surface area (Å²) in [5.74, 6) is -0.933. The van der Waals surface area contributed by atoms with Crippen molar-refractivity contribution in [3.05, 3.63) is 34.3 Å². The van der Waals surface area contributed by atoms with Crippen LogP contribution in [0.15, 0.2) is 28.7 Å². The molecule has 1 aromatic rings. The second-order valence-electron chi connectivity index (χ2n) is 5.48. The minimum atomic E-state index is -0.933. The van der Waals surface area contributed by atoms with Gasteiger partial charge < -0.3 is 14.7 Å². The van der Waals surface area contributed by atoms with E-state index in [4.69, 9.17) is 9.84 Å². The predicted molar refractivity (Wildman–Crippen MR) is 85.5 cm³/mol.